The Bertz CT molecular complexity index is 141. The van der Waals surface area contributed by atoms with Crippen LogP contribution in [-0.4, -0.2) is 18.5 Å². The second kappa shape index (κ2) is 2.98. The van der Waals surface area contributed by atoms with Gasteiger partial charge in [0.05, 0.1) is 0 Å². The first-order valence-electron chi connectivity index (χ1n) is 3.45. The maximum absolute atomic E-state index is 5.51. The van der Waals surface area contributed by atoms with Crippen LogP contribution in [0.5, 0.6) is 0 Å². The minimum Gasteiger partial charge on any atom is -0.103 e. The van der Waals surface area contributed by atoms with Crippen LogP contribution in [0, 0.1) is 0 Å². The molecule has 1 aliphatic rings. The molecule has 9 heavy (non-hydrogen) atoms. The molecule has 2 heteroatoms. The fraction of sp³-hybridized carbons (Fsp3) is 0.714. The Morgan fingerprint density at radius 3 is 2.44 bits per heavy atom. The first-order valence-corrected chi connectivity index (χ1v) is 6.81. The number of allylic oxidation sites excluding steroid dienone is 1. The molecule has 1 saturated heterocycles. The monoisotopic (exact) mass is 160 g/mol. The highest BCUT2D eigenvalue weighted by molar-refractivity contribution is 8.14. The Labute approximate surface area is 62.4 Å². The van der Waals surface area contributed by atoms with Crippen molar-refractivity contribution in [2.75, 3.05) is 18.5 Å². The quantitative estimate of drug-likeness (QED) is 0.441. The van der Waals surface area contributed by atoms with Gasteiger partial charge in [-0.05, 0) is 37.4 Å². The third-order valence-corrected chi connectivity index (χ3v) is 6.57. The van der Waals surface area contributed by atoms with Gasteiger partial charge in [0.15, 0.2) is 0 Å². The van der Waals surface area contributed by atoms with E-state index >= 15 is 0 Å². The third kappa shape index (κ3) is 1.91. The molecule has 1 fully saturated rings. The molecular weight excluding hydrogens is 147 g/mol. The number of hydrogen-bond donors (Lipinski definition) is 0. The van der Waals surface area contributed by atoms with Crippen LogP contribution in [0.15, 0.2) is 12.7 Å². The van der Waals surface area contributed by atoms with E-state index < -0.39 is 6.04 Å². The fourth-order valence-corrected chi connectivity index (χ4v) is 5.08. The van der Waals surface area contributed by atoms with Crippen molar-refractivity contribution in [1.29, 1.82) is 0 Å². The summed E-state index contributed by atoms with van der Waals surface area (Å²) in [6.45, 7) is 3.73. The van der Waals surface area contributed by atoms with Gasteiger partial charge in [0, 0.05) is 0 Å². The highest BCUT2D eigenvalue weighted by Gasteiger charge is 2.19. The van der Waals surface area contributed by atoms with Gasteiger partial charge >= 0.3 is 0 Å². The van der Waals surface area contributed by atoms with E-state index in [4.69, 9.17) is 11.8 Å². The van der Waals surface area contributed by atoms with E-state index in [1.54, 1.807) is 0 Å². The Morgan fingerprint density at radius 2 is 2.00 bits per heavy atom. The summed E-state index contributed by atoms with van der Waals surface area (Å²) in [4.78, 5) is 0. The lowest BCUT2D eigenvalue weighted by atomic mass is 10.4. The molecular formula is C7H13PS. The first kappa shape index (κ1) is 7.50. The van der Waals surface area contributed by atoms with Gasteiger partial charge in [0.25, 0.3) is 0 Å². The van der Waals surface area contributed by atoms with Crippen molar-refractivity contribution >= 4 is 17.8 Å². The molecule has 0 saturated carbocycles. The standard InChI is InChI=1S/C7H13PS/c1-2-5-8(9)6-3-4-7-8/h2H,1,3-7H2. The molecule has 1 heterocycles. The average molecular weight is 160 g/mol. The molecule has 1 aliphatic heterocycles. The largest absolute Gasteiger partial charge is 0.103 e. The summed E-state index contributed by atoms with van der Waals surface area (Å²) >= 11 is 5.51. The summed E-state index contributed by atoms with van der Waals surface area (Å²) in [7, 11) is 0. The van der Waals surface area contributed by atoms with Crippen molar-refractivity contribution in [3.63, 3.8) is 0 Å². The smallest absolute Gasteiger partial charge is 0.00565 e. The van der Waals surface area contributed by atoms with Gasteiger partial charge in [-0.2, -0.15) is 0 Å². The van der Waals surface area contributed by atoms with Crippen LogP contribution < -0.4 is 0 Å². The SMILES string of the molecule is C=CCP1(=S)CCCC1. The van der Waals surface area contributed by atoms with Gasteiger partial charge in [0.2, 0.25) is 0 Å². The molecule has 0 bridgehead atoms. The minimum absolute atomic E-state index is 0.855. The number of hydrogen-bond acceptors (Lipinski definition) is 1. The summed E-state index contributed by atoms with van der Waals surface area (Å²) in [6.07, 6.45) is 8.59. The van der Waals surface area contributed by atoms with Crippen molar-refractivity contribution in [2.24, 2.45) is 0 Å². The zero-order chi connectivity index (χ0) is 6.74. The average Bonchev–Trinajstić information content (AvgIpc) is 2.16. The fourth-order valence-electron chi connectivity index (χ4n) is 1.33. The highest BCUT2D eigenvalue weighted by Crippen LogP contribution is 2.52. The zero-order valence-electron chi connectivity index (χ0n) is 5.68. The van der Waals surface area contributed by atoms with Crippen molar-refractivity contribution in [1.82, 2.24) is 0 Å². The van der Waals surface area contributed by atoms with E-state index in [-0.39, 0.29) is 0 Å². The van der Waals surface area contributed by atoms with Gasteiger partial charge in [-0.1, -0.05) is 17.9 Å². The van der Waals surface area contributed by atoms with Crippen molar-refractivity contribution in [3.8, 4) is 0 Å². The topological polar surface area (TPSA) is 0 Å². The maximum atomic E-state index is 5.51. The molecule has 0 amide bonds. The molecule has 0 radical (unpaired) electrons. The van der Waals surface area contributed by atoms with E-state index in [0.717, 1.165) is 6.16 Å². The Hall–Kier alpha value is 0.390. The molecule has 0 aromatic carbocycles. The molecule has 0 aromatic rings. The Balaban J connectivity index is 2.51. The van der Waals surface area contributed by atoms with Crippen molar-refractivity contribution in [2.45, 2.75) is 12.8 Å². The van der Waals surface area contributed by atoms with Crippen LogP contribution in [0.25, 0.3) is 0 Å². The molecule has 0 aromatic heterocycles. The van der Waals surface area contributed by atoms with Gasteiger partial charge < -0.3 is 0 Å². The van der Waals surface area contributed by atoms with E-state index in [1.807, 2.05) is 6.08 Å². The molecule has 0 nitrogen and oxygen atoms in total. The maximum Gasteiger partial charge on any atom is -0.00565 e. The number of rotatable bonds is 2. The molecule has 52 valence electrons. The highest BCUT2D eigenvalue weighted by atomic mass is 32.4. The second-order valence-electron chi connectivity index (χ2n) is 2.68. The molecule has 0 unspecified atom stereocenters. The third-order valence-electron chi connectivity index (χ3n) is 1.84. The Morgan fingerprint density at radius 1 is 1.44 bits per heavy atom. The lowest BCUT2D eigenvalue weighted by molar-refractivity contribution is 0.949. The lowest BCUT2D eigenvalue weighted by Gasteiger charge is -2.09. The molecule has 0 spiro atoms. The van der Waals surface area contributed by atoms with Crippen LogP contribution in [0.4, 0.5) is 0 Å². The summed E-state index contributed by atoms with van der Waals surface area (Å²) in [6, 6.07) is -0.855. The zero-order valence-corrected chi connectivity index (χ0v) is 7.39. The van der Waals surface area contributed by atoms with E-state index in [2.05, 4.69) is 6.58 Å². The summed E-state index contributed by atoms with van der Waals surface area (Å²) in [5.41, 5.74) is 0. The van der Waals surface area contributed by atoms with Crippen LogP contribution in [0.1, 0.15) is 12.8 Å². The van der Waals surface area contributed by atoms with Crippen LogP contribution in [-0.2, 0) is 11.8 Å². The van der Waals surface area contributed by atoms with Crippen molar-refractivity contribution in [3.05, 3.63) is 12.7 Å². The van der Waals surface area contributed by atoms with Gasteiger partial charge in [-0.25, -0.2) is 0 Å². The second-order valence-corrected chi connectivity index (χ2v) is 8.38. The molecule has 1 rings (SSSR count). The Kier molecular flexibility index (Phi) is 2.49. The summed E-state index contributed by atoms with van der Waals surface area (Å²) < 4.78 is 0. The van der Waals surface area contributed by atoms with E-state index in [0.29, 0.717) is 0 Å². The van der Waals surface area contributed by atoms with Crippen LogP contribution >= 0.6 is 6.04 Å². The van der Waals surface area contributed by atoms with Crippen LogP contribution in [0.3, 0.4) is 0 Å². The predicted octanol–water partition coefficient (Wildman–Crippen LogP) is 2.45. The van der Waals surface area contributed by atoms with E-state index in [1.165, 1.54) is 25.2 Å². The van der Waals surface area contributed by atoms with Gasteiger partial charge in [0.1, 0.15) is 0 Å². The summed E-state index contributed by atoms with van der Waals surface area (Å²) in [5, 5.41) is 0. The predicted molar refractivity (Wildman–Crippen MR) is 48.3 cm³/mol. The van der Waals surface area contributed by atoms with E-state index in [9.17, 15) is 0 Å². The molecule has 0 atom stereocenters. The minimum atomic E-state index is -0.855. The molecule has 0 aliphatic carbocycles. The normalized spacial score (nSPS) is 24.0. The lowest BCUT2D eigenvalue weighted by Crippen LogP contribution is -1.85. The van der Waals surface area contributed by atoms with Gasteiger partial charge in [-0.3, -0.25) is 0 Å². The van der Waals surface area contributed by atoms with Crippen LogP contribution in [0.2, 0.25) is 0 Å². The molecule has 0 N–H and O–H groups in total. The summed E-state index contributed by atoms with van der Waals surface area (Å²) in [5.74, 6) is 0. The van der Waals surface area contributed by atoms with Gasteiger partial charge in [-0.15, -0.1) is 6.58 Å². The van der Waals surface area contributed by atoms with Crippen molar-refractivity contribution < 1.29 is 0 Å². The first-order chi connectivity index (χ1) is 4.27.